The zero-order valence-electron chi connectivity index (χ0n) is 8.92. The molecule has 0 radical (unpaired) electrons. The molecular formula is C12H18BrNO. The first-order chi connectivity index (χ1) is 7.33. The fourth-order valence-electron chi connectivity index (χ4n) is 2.58. The lowest BCUT2D eigenvalue weighted by Gasteiger charge is -2.22. The molecule has 2 rings (SSSR count). The summed E-state index contributed by atoms with van der Waals surface area (Å²) in [6.07, 6.45) is 8.18. The summed E-state index contributed by atoms with van der Waals surface area (Å²) < 4.78 is 6.69. The van der Waals surface area contributed by atoms with E-state index in [2.05, 4.69) is 15.9 Å². The monoisotopic (exact) mass is 271 g/mol. The van der Waals surface area contributed by atoms with E-state index in [1.54, 1.807) is 6.26 Å². The SMILES string of the molecule is NCC1CCCCCC1c1occc1Br. The van der Waals surface area contributed by atoms with Gasteiger partial charge in [0, 0.05) is 5.92 Å². The van der Waals surface area contributed by atoms with Crippen LogP contribution in [0.5, 0.6) is 0 Å². The van der Waals surface area contributed by atoms with Crippen molar-refractivity contribution >= 4 is 15.9 Å². The van der Waals surface area contributed by atoms with Crippen LogP contribution in [0.3, 0.4) is 0 Å². The van der Waals surface area contributed by atoms with Gasteiger partial charge in [0.05, 0.1) is 10.7 Å². The number of hydrogen-bond acceptors (Lipinski definition) is 2. The summed E-state index contributed by atoms with van der Waals surface area (Å²) >= 11 is 3.55. The molecule has 0 aromatic carbocycles. The molecule has 15 heavy (non-hydrogen) atoms. The molecular weight excluding hydrogens is 254 g/mol. The summed E-state index contributed by atoms with van der Waals surface area (Å²) in [6, 6.07) is 1.98. The first kappa shape index (κ1) is 11.2. The van der Waals surface area contributed by atoms with E-state index in [0.717, 1.165) is 16.8 Å². The van der Waals surface area contributed by atoms with Crippen LogP contribution < -0.4 is 5.73 Å². The summed E-state index contributed by atoms with van der Waals surface area (Å²) in [7, 11) is 0. The minimum Gasteiger partial charge on any atom is -0.468 e. The predicted octanol–water partition coefficient (Wildman–Crippen LogP) is 3.66. The van der Waals surface area contributed by atoms with Gasteiger partial charge in [-0.3, -0.25) is 0 Å². The van der Waals surface area contributed by atoms with E-state index in [1.165, 1.54) is 32.1 Å². The van der Waals surface area contributed by atoms with E-state index in [-0.39, 0.29) is 0 Å². The van der Waals surface area contributed by atoms with Gasteiger partial charge in [-0.05, 0) is 47.3 Å². The van der Waals surface area contributed by atoms with Crippen molar-refractivity contribution in [2.75, 3.05) is 6.54 Å². The molecule has 0 amide bonds. The molecule has 1 aliphatic rings. The molecule has 0 aliphatic heterocycles. The van der Waals surface area contributed by atoms with Crippen LogP contribution in [-0.2, 0) is 0 Å². The zero-order chi connectivity index (χ0) is 10.7. The van der Waals surface area contributed by atoms with Crippen molar-refractivity contribution in [3.05, 3.63) is 22.6 Å². The van der Waals surface area contributed by atoms with Gasteiger partial charge < -0.3 is 10.2 Å². The fourth-order valence-corrected chi connectivity index (χ4v) is 3.08. The maximum absolute atomic E-state index is 5.86. The highest BCUT2D eigenvalue weighted by atomic mass is 79.9. The Labute approximate surface area is 99.3 Å². The minimum absolute atomic E-state index is 0.516. The first-order valence-corrected chi connectivity index (χ1v) is 6.55. The second kappa shape index (κ2) is 5.17. The van der Waals surface area contributed by atoms with Crippen molar-refractivity contribution in [1.82, 2.24) is 0 Å². The molecule has 3 heteroatoms. The lowest BCUT2D eigenvalue weighted by Crippen LogP contribution is -2.21. The summed E-state index contributed by atoms with van der Waals surface area (Å²) in [5, 5.41) is 0. The molecule has 2 unspecified atom stereocenters. The Morgan fingerprint density at radius 1 is 1.33 bits per heavy atom. The molecule has 1 aliphatic carbocycles. The highest BCUT2D eigenvalue weighted by Crippen LogP contribution is 2.39. The van der Waals surface area contributed by atoms with Gasteiger partial charge in [0.15, 0.2) is 0 Å². The van der Waals surface area contributed by atoms with E-state index in [9.17, 15) is 0 Å². The van der Waals surface area contributed by atoms with Crippen LogP contribution in [0.1, 0.15) is 43.8 Å². The van der Waals surface area contributed by atoms with Gasteiger partial charge in [0.1, 0.15) is 5.76 Å². The Bertz CT molecular complexity index is 310. The van der Waals surface area contributed by atoms with E-state index >= 15 is 0 Å². The van der Waals surface area contributed by atoms with Crippen LogP contribution in [0.4, 0.5) is 0 Å². The third-order valence-corrected chi connectivity index (χ3v) is 4.10. The number of hydrogen-bond donors (Lipinski definition) is 1. The summed E-state index contributed by atoms with van der Waals surface area (Å²) in [4.78, 5) is 0. The molecule has 1 aromatic rings. The van der Waals surface area contributed by atoms with E-state index in [0.29, 0.717) is 11.8 Å². The first-order valence-electron chi connectivity index (χ1n) is 5.76. The Balaban J connectivity index is 2.20. The normalized spacial score (nSPS) is 27.6. The molecule has 2 atom stereocenters. The van der Waals surface area contributed by atoms with Gasteiger partial charge in [-0.1, -0.05) is 19.3 Å². The van der Waals surface area contributed by atoms with Crippen molar-refractivity contribution in [1.29, 1.82) is 0 Å². The molecule has 1 fully saturated rings. The Hall–Kier alpha value is -0.280. The van der Waals surface area contributed by atoms with Gasteiger partial charge in [0.2, 0.25) is 0 Å². The molecule has 1 aromatic heterocycles. The van der Waals surface area contributed by atoms with Crippen molar-refractivity contribution in [2.45, 2.75) is 38.0 Å². The van der Waals surface area contributed by atoms with Gasteiger partial charge in [0.25, 0.3) is 0 Å². The Kier molecular flexibility index (Phi) is 3.87. The maximum Gasteiger partial charge on any atom is 0.121 e. The van der Waals surface area contributed by atoms with Crippen LogP contribution in [0.15, 0.2) is 21.2 Å². The van der Waals surface area contributed by atoms with Gasteiger partial charge in [-0.2, -0.15) is 0 Å². The Morgan fingerprint density at radius 2 is 2.13 bits per heavy atom. The lowest BCUT2D eigenvalue weighted by molar-refractivity contribution is 0.345. The van der Waals surface area contributed by atoms with Gasteiger partial charge in [-0.25, -0.2) is 0 Å². The predicted molar refractivity (Wildman–Crippen MR) is 64.8 cm³/mol. The van der Waals surface area contributed by atoms with Crippen molar-refractivity contribution in [2.24, 2.45) is 11.7 Å². The second-order valence-corrected chi connectivity index (χ2v) is 5.23. The number of halogens is 1. The van der Waals surface area contributed by atoms with Crippen LogP contribution in [-0.4, -0.2) is 6.54 Å². The highest BCUT2D eigenvalue weighted by Gasteiger charge is 2.27. The molecule has 2 nitrogen and oxygen atoms in total. The van der Waals surface area contributed by atoms with Crippen molar-refractivity contribution in [3.63, 3.8) is 0 Å². The van der Waals surface area contributed by atoms with Crippen molar-refractivity contribution < 1.29 is 4.42 Å². The summed E-state index contributed by atoms with van der Waals surface area (Å²) in [5.74, 6) is 2.21. The standard InChI is InChI=1S/C12H18BrNO/c13-11-6-7-15-12(11)10-5-3-1-2-4-9(10)8-14/h6-7,9-10H,1-5,8,14H2. The van der Waals surface area contributed by atoms with E-state index < -0.39 is 0 Å². The molecule has 84 valence electrons. The van der Waals surface area contributed by atoms with E-state index in [4.69, 9.17) is 10.2 Å². The lowest BCUT2D eigenvalue weighted by atomic mass is 9.86. The third-order valence-electron chi connectivity index (χ3n) is 3.44. The van der Waals surface area contributed by atoms with Crippen molar-refractivity contribution in [3.8, 4) is 0 Å². The molecule has 1 heterocycles. The summed E-state index contributed by atoms with van der Waals surface area (Å²) in [5.41, 5.74) is 5.86. The minimum atomic E-state index is 0.516. The smallest absolute Gasteiger partial charge is 0.121 e. The van der Waals surface area contributed by atoms with Gasteiger partial charge >= 0.3 is 0 Å². The van der Waals surface area contributed by atoms with Crippen LogP contribution in [0.2, 0.25) is 0 Å². The quantitative estimate of drug-likeness (QED) is 0.834. The average Bonchev–Trinajstić information content (AvgIpc) is 2.54. The molecule has 1 saturated carbocycles. The highest BCUT2D eigenvalue weighted by molar-refractivity contribution is 9.10. The molecule has 0 saturated heterocycles. The average molecular weight is 272 g/mol. The number of furan rings is 1. The maximum atomic E-state index is 5.86. The fraction of sp³-hybridized carbons (Fsp3) is 0.667. The largest absolute Gasteiger partial charge is 0.468 e. The second-order valence-electron chi connectivity index (χ2n) is 4.37. The number of rotatable bonds is 2. The molecule has 0 spiro atoms. The Morgan fingerprint density at radius 3 is 2.80 bits per heavy atom. The molecule has 0 bridgehead atoms. The topological polar surface area (TPSA) is 39.2 Å². The third kappa shape index (κ3) is 2.45. The number of nitrogens with two attached hydrogens (primary N) is 1. The molecule has 2 N–H and O–H groups in total. The van der Waals surface area contributed by atoms with Crippen LogP contribution in [0.25, 0.3) is 0 Å². The summed E-state index contributed by atoms with van der Waals surface area (Å²) in [6.45, 7) is 0.776. The van der Waals surface area contributed by atoms with Crippen LogP contribution in [0, 0.1) is 5.92 Å². The van der Waals surface area contributed by atoms with Gasteiger partial charge in [-0.15, -0.1) is 0 Å². The van der Waals surface area contributed by atoms with E-state index in [1.807, 2.05) is 6.07 Å². The van der Waals surface area contributed by atoms with Crippen LogP contribution >= 0.6 is 15.9 Å². The zero-order valence-corrected chi connectivity index (χ0v) is 10.5.